The number of nitrogens with two attached hydrogens (primary N) is 1. The first-order chi connectivity index (χ1) is 18.4. The minimum Gasteiger partial charge on any atom is -0.382 e. The van der Waals surface area contributed by atoms with Gasteiger partial charge in [0.2, 0.25) is 0 Å². The van der Waals surface area contributed by atoms with Gasteiger partial charge in [-0.2, -0.15) is 18.3 Å². The van der Waals surface area contributed by atoms with Crippen LogP contribution in [0.25, 0.3) is 16.8 Å². The molecule has 202 valence electrons. The highest BCUT2D eigenvalue weighted by Crippen LogP contribution is 2.38. The van der Waals surface area contributed by atoms with Crippen LogP contribution in [0.1, 0.15) is 37.5 Å². The first-order valence-electron chi connectivity index (χ1n) is 11.9. The summed E-state index contributed by atoms with van der Waals surface area (Å²) < 4.78 is 57.1. The van der Waals surface area contributed by atoms with Crippen molar-refractivity contribution in [1.29, 1.82) is 0 Å². The summed E-state index contributed by atoms with van der Waals surface area (Å²) in [7, 11) is 0. The minimum atomic E-state index is -4.72. The number of fused-ring (bicyclic) bond motifs is 1. The van der Waals surface area contributed by atoms with Crippen molar-refractivity contribution in [3.05, 3.63) is 76.9 Å². The van der Waals surface area contributed by atoms with Crippen LogP contribution >= 0.6 is 0 Å². The zero-order chi connectivity index (χ0) is 28.1. The van der Waals surface area contributed by atoms with E-state index < -0.39 is 41.3 Å². The van der Waals surface area contributed by atoms with E-state index >= 15 is 0 Å². The molecule has 5 rings (SSSR count). The van der Waals surface area contributed by atoms with Gasteiger partial charge >= 0.3 is 6.18 Å². The van der Waals surface area contributed by atoms with E-state index in [0.29, 0.717) is 5.56 Å². The summed E-state index contributed by atoms with van der Waals surface area (Å²) in [4.78, 5) is 35.0. The molecular weight excluding hydrogens is 518 g/mol. The molecule has 0 aliphatic carbocycles. The van der Waals surface area contributed by atoms with E-state index in [1.165, 1.54) is 17.2 Å². The van der Waals surface area contributed by atoms with Crippen molar-refractivity contribution in [2.75, 3.05) is 18.8 Å². The smallest absolute Gasteiger partial charge is 0.382 e. The Kier molecular flexibility index (Phi) is 6.44. The number of likely N-dealkylation sites (tertiary alicyclic amines) is 1. The number of hydrogen-bond acceptors (Lipinski definition) is 6. The standard InChI is InChI=1S/C26H23F4N7O2/c1-13-5-6-32-19(7-13)25(39)36-10-18(27)20(11-36)35-24(38)16-8-15(4-3-14(16)2)21-9-17(26(28,29)30)22-23(31)33-12-34-37(21)22/h3-9,12,18,20H,10-11H2,1-2H3,(H,35,38)(H2,31,33,34)/t18-,20+/m0/s1. The average Bonchev–Trinajstić information content (AvgIpc) is 3.45. The molecule has 1 saturated heterocycles. The number of rotatable bonds is 4. The zero-order valence-electron chi connectivity index (χ0n) is 20.8. The molecule has 0 saturated carbocycles. The number of aromatic nitrogens is 4. The number of aryl methyl sites for hydroxylation is 2. The van der Waals surface area contributed by atoms with E-state index in [0.717, 1.165) is 22.5 Å². The highest BCUT2D eigenvalue weighted by Gasteiger charge is 2.38. The van der Waals surface area contributed by atoms with Crippen LogP contribution in [-0.2, 0) is 6.18 Å². The van der Waals surface area contributed by atoms with Gasteiger partial charge in [0.25, 0.3) is 11.8 Å². The van der Waals surface area contributed by atoms with Crippen LogP contribution in [0.3, 0.4) is 0 Å². The molecule has 4 heterocycles. The van der Waals surface area contributed by atoms with Gasteiger partial charge in [-0.05, 0) is 49.2 Å². The maximum absolute atomic E-state index is 14.9. The molecule has 1 aliphatic rings. The minimum absolute atomic E-state index is 0.0483. The van der Waals surface area contributed by atoms with E-state index in [9.17, 15) is 27.2 Å². The Morgan fingerprint density at radius 3 is 2.56 bits per heavy atom. The summed E-state index contributed by atoms with van der Waals surface area (Å²) in [5.74, 6) is -1.42. The molecule has 2 amide bonds. The zero-order valence-corrected chi connectivity index (χ0v) is 20.8. The molecule has 3 N–H and O–H groups in total. The molecule has 1 fully saturated rings. The van der Waals surface area contributed by atoms with Gasteiger partial charge in [0.05, 0.1) is 23.8 Å². The largest absolute Gasteiger partial charge is 0.418 e. The topological polar surface area (TPSA) is 119 Å². The van der Waals surface area contributed by atoms with Crippen molar-refractivity contribution < 1.29 is 27.2 Å². The van der Waals surface area contributed by atoms with E-state index in [4.69, 9.17) is 5.73 Å². The van der Waals surface area contributed by atoms with E-state index in [1.54, 1.807) is 31.2 Å². The highest BCUT2D eigenvalue weighted by molar-refractivity contribution is 5.97. The first kappa shape index (κ1) is 26.1. The molecule has 1 aromatic carbocycles. The summed E-state index contributed by atoms with van der Waals surface area (Å²) in [6.45, 7) is 3.18. The monoisotopic (exact) mass is 541 g/mol. The molecule has 0 unspecified atom stereocenters. The van der Waals surface area contributed by atoms with Gasteiger partial charge in [0.15, 0.2) is 5.82 Å². The third kappa shape index (κ3) is 4.87. The number of nitrogens with zero attached hydrogens (tertiary/aromatic N) is 5. The van der Waals surface area contributed by atoms with Crippen LogP contribution in [-0.4, -0.2) is 61.6 Å². The number of alkyl halides is 4. The first-order valence-corrected chi connectivity index (χ1v) is 11.9. The quantitative estimate of drug-likeness (QED) is 0.381. The molecule has 0 bridgehead atoms. The van der Waals surface area contributed by atoms with Crippen molar-refractivity contribution in [3.8, 4) is 11.3 Å². The molecule has 2 atom stereocenters. The second-order valence-corrected chi connectivity index (χ2v) is 9.40. The number of carbonyl (C=O) groups excluding carboxylic acids is 2. The Labute approximate surface area is 219 Å². The average molecular weight is 542 g/mol. The molecule has 39 heavy (non-hydrogen) atoms. The predicted molar refractivity (Wildman–Crippen MR) is 134 cm³/mol. The lowest BCUT2D eigenvalue weighted by Gasteiger charge is -2.17. The Bertz CT molecular complexity index is 1600. The lowest BCUT2D eigenvalue weighted by atomic mass is 10.0. The molecule has 4 aromatic rings. The molecule has 0 spiro atoms. The van der Waals surface area contributed by atoms with Gasteiger partial charge in [-0.1, -0.05) is 12.1 Å². The van der Waals surface area contributed by atoms with Crippen molar-refractivity contribution in [3.63, 3.8) is 0 Å². The van der Waals surface area contributed by atoms with E-state index in [1.807, 2.05) is 6.92 Å². The molecule has 9 nitrogen and oxygen atoms in total. The summed E-state index contributed by atoms with van der Waals surface area (Å²) in [6, 6.07) is 7.78. The number of amides is 2. The molecule has 13 heteroatoms. The van der Waals surface area contributed by atoms with Crippen molar-refractivity contribution in [2.24, 2.45) is 0 Å². The fraction of sp³-hybridized carbons (Fsp3) is 0.269. The van der Waals surface area contributed by atoms with Crippen LogP contribution in [0, 0.1) is 13.8 Å². The summed E-state index contributed by atoms with van der Waals surface area (Å²) in [6.07, 6.45) is -3.71. The van der Waals surface area contributed by atoms with Gasteiger partial charge in [-0.15, -0.1) is 0 Å². The Balaban J connectivity index is 1.41. The number of benzene rings is 1. The van der Waals surface area contributed by atoms with Gasteiger partial charge in [0, 0.05) is 23.9 Å². The predicted octanol–water partition coefficient (Wildman–Crippen LogP) is 3.60. The molecule has 3 aromatic heterocycles. The number of hydrogen-bond donors (Lipinski definition) is 2. The van der Waals surface area contributed by atoms with Gasteiger partial charge in [-0.25, -0.2) is 13.9 Å². The lowest BCUT2D eigenvalue weighted by Crippen LogP contribution is -2.42. The summed E-state index contributed by atoms with van der Waals surface area (Å²) in [5.41, 5.74) is 6.29. The van der Waals surface area contributed by atoms with Gasteiger partial charge < -0.3 is 16.0 Å². The van der Waals surface area contributed by atoms with Gasteiger partial charge in [0.1, 0.15) is 23.7 Å². The van der Waals surface area contributed by atoms with Crippen LogP contribution in [0.15, 0.2) is 48.9 Å². The van der Waals surface area contributed by atoms with Crippen molar-refractivity contribution >= 4 is 23.1 Å². The third-order valence-corrected chi connectivity index (χ3v) is 6.65. The SMILES string of the molecule is Cc1ccnc(C(=O)N2C[C@H](F)[C@H](NC(=O)c3cc(-c4cc(C(F)(F)F)c5c(N)ncnn45)ccc3C)C2)c1. The second-order valence-electron chi connectivity index (χ2n) is 9.40. The Morgan fingerprint density at radius 2 is 1.85 bits per heavy atom. The fourth-order valence-corrected chi connectivity index (χ4v) is 4.64. The normalized spacial score (nSPS) is 17.5. The third-order valence-electron chi connectivity index (χ3n) is 6.65. The summed E-state index contributed by atoms with van der Waals surface area (Å²) in [5, 5.41) is 6.56. The second kappa shape index (κ2) is 9.64. The van der Waals surface area contributed by atoms with E-state index in [-0.39, 0.29) is 41.4 Å². The summed E-state index contributed by atoms with van der Waals surface area (Å²) >= 11 is 0. The van der Waals surface area contributed by atoms with E-state index in [2.05, 4.69) is 20.4 Å². The number of carbonyl (C=O) groups is 2. The number of pyridine rings is 1. The number of nitrogen functional groups attached to an aromatic ring is 1. The number of halogens is 4. The molecular formula is C26H23F4N7O2. The maximum atomic E-state index is 14.9. The molecule has 1 aliphatic heterocycles. The highest BCUT2D eigenvalue weighted by atomic mass is 19.4. The van der Waals surface area contributed by atoms with Crippen LogP contribution in [0.5, 0.6) is 0 Å². The van der Waals surface area contributed by atoms with Crippen LogP contribution < -0.4 is 11.1 Å². The fourth-order valence-electron chi connectivity index (χ4n) is 4.64. The van der Waals surface area contributed by atoms with Crippen LogP contribution in [0.2, 0.25) is 0 Å². The van der Waals surface area contributed by atoms with Crippen molar-refractivity contribution in [1.82, 2.24) is 29.8 Å². The van der Waals surface area contributed by atoms with Crippen LogP contribution in [0.4, 0.5) is 23.4 Å². The maximum Gasteiger partial charge on any atom is 0.418 e. The van der Waals surface area contributed by atoms with Crippen molar-refractivity contribution in [2.45, 2.75) is 32.2 Å². The Hall–Kier alpha value is -4.55. The van der Waals surface area contributed by atoms with Gasteiger partial charge in [-0.3, -0.25) is 14.6 Å². The lowest BCUT2D eigenvalue weighted by molar-refractivity contribution is -0.136. The Morgan fingerprint density at radius 1 is 1.08 bits per heavy atom. The number of nitrogens with one attached hydrogen (secondary N) is 1. The molecule has 0 radical (unpaired) electrons. The number of anilines is 1.